The maximum atomic E-state index is 12.9. The largest absolute Gasteiger partial charge is 0.464 e. The van der Waals surface area contributed by atoms with Crippen molar-refractivity contribution >= 4 is 11.9 Å². The molecule has 0 bridgehead atoms. The zero-order chi connectivity index (χ0) is 19.4. The van der Waals surface area contributed by atoms with Crippen LogP contribution in [0.3, 0.4) is 0 Å². The number of hydrogen-bond donors (Lipinski definition) is 1. The van der Waals surface area contributed by atoms with Crippen LogP contribution in [0, 0.1) is 0 Å². The standard InChI is InChI=1S/C15H15F6NO3/c1-3-6-25-13(24)8(2)22-12(23)10-7-9(14(16,17)18)4-5-11(10)15(19,20)21/h4-5,7-8H,3,6H2,1-2H3,(H,22,23). The first kappa shape index (κ1) is 20.8. The van der Waals surface area contributed by atoms with Gasteiger partial charge in [-0.25, -0.2) is 4.79 Å². The molecule has 1 N–H and O–H groups in total. The molecule has 0 aliphatic rings. The second kappa shape index (κ2) is 7.75. The second-order valence-electron chi connectivity index (χ2n) is 5.12. The molecule has 140 valence electrons. The van der Waals surface area contributed by atoms with Crippen LogP contribution in [0.5, 0.6) is 0 Å². The lowest BCUT2D eigenvalue weighted by molar-refractivity contribution is -0.145. The van der Waals surface area contributed by atoms with E-state index in [1.54, 1.807) is 6.92 Å². The number of ether oxygens (including phenoxy) is 1. The van der Waals surface area contributed by atoms with E-state index in [0.717, 1.165) is 6.92 Å². The van der Waals surface area contributed by atoms with Gasteiger partial charge in [-0.2, -0.15) is 26.3 Å². The van der Waals surface area contributed by atoms with Crippen LogP contribution in [0.4, 0.5) is 26.3 Å². The lowest BCUT2D eigenvalue weighted by Gasteiger charge is -2.17. The highest BCUT2D eigenvalue weighted by Crippen LogP contribution is 2.36. The predicted octanol–water partition coefficient (Wildman–Crippen LogP) is 3.80. The smallest absolute Gasteiger partial charge is 0.417 e. The summed E-state index contributed by atoms with van der Waals surface area (Å²) in [4.78, 5) is 23.5. The molecule has 1 atom stereocenters. The Hall–Kier alpha value is -2.26. The van der Waals surface area contributed by atoms with Gasteiger partial charge in [-0.1, -0.05) is 6.92 Å². The highest BCUT2D eigenvalue weighted by atomic mass is 19.4. The van der Waals surface area contributed by atoms with Crippen molar-refractivity contribution < 1.29 is 40.7 Å². The van der Waals surface area contributed by atoms with Crippen LogP contribution < -0.4 is 5.32 Å². The molecule has 25 heavy (non-hydrogen) atoms. The van der Waals surface area contributed by atoms with Crippen molar-refractivity contribution in [1.82, 2.24) is 5.32 Å². The molecule has 1 unspecified atom stereocenters. The lowest BCUT2D eigenvalue weighted by atomic mass is 10.0. The quantitative estimate of drug-likeness (QED) is 0.633. The van der Waals surface area contributed by atoms with Gasteiger partial charge in [0.15, 0.2) is 0 Å². The molecular formula is C15H15F6NO3. The number of carbonyl (C=O) groups is 2. The Morgan fingerprint density at radius 2 is 1.72 bits per heavy atom. The van der Waals surface area contributed by atoms with Gasteiger partial charge in [0, 0.05) is 0 Å². The molecular weight excluding hydrogens is 356 g/mol. The van der Waals surface area contributed by atoms with Gasteiger partial charge < -0.3 is 10.1 Å². The Kier molecular flexibility index (Phi) is 6.44. The summed E-state index contributed by atoms with van der Waals surface area (Å²) >= 11 is 0. The zero-order valence-corrected chi connectivity index (χ0v) is 13.2. The summed E-state index contributed by atoms with van der Waals surface area (Å²) in [5.41, 5.74) is -4.17. The van der Waals surface area contributed by atoms with Crippen molar-refractivity contribution in [3.63, 3.8) is 0 Å². The van der Waals surface area contributed by atoms with E-state index in [1.165, 1.54) is 0 Å². The molecule has 1 rings (SSSR count). The molecule has 0 radical (unpaired) electrons. The highest BCUT2D eigenvalue weighted by molar-refractivity contribution is 5.98. The van der Waals surface area contributed by atoms with E-state index in [-0.39, 0.29) is 24.8 Å². The normalized spacial score (nSPS) is 13.3. The minimum Gasteiger partial charge on any atom is -0.464 e. The number of esters is 1. The van der Waals surface area contributed by atoms with Gasteiger partial charge in [-0.05, 0) is 31.5 Å². The average Bonchev–Trinajstić information content (AvgIpc) is 2.50. The molecule has 0 aliphatic carbocycles. The van der Waals surface area contributed by atoms with Crippen LogP contribution >= 0.6 is 0 Å². The molecule has 0 aromatic heterocycles. The first-order valence-electron chi connectivity index (χ1n) is 7.13. The number of alkyl halides is 6. The Labute approximate surface area is 139 Å². The summed E-state index contributed by atoms with van der Waals surface area (Å²) in [6.07, 6.45) is -9.48. The van der Waals surface area contributed by atoms with Gasteiger partial charge >= 0.3 is 18.3 Å². The first-order valence-corrected chi connectivity index (χ1v) is 7.13. The van der Waals surface area contributed by atoms with Crippen molar-refractivity contribution in [3.8, 4) is 0 Å². The van der Waals surface area contributed by atoms with Crippen molar-refractivity contribution in [2.45, 2.75) is 38.7 Å². The Morgan fingerprint density at radius 1 is 1.12 bits per heavy atom. The SMILES string of the molecule is CCCOC(=O)C(C)NC(=O)c1cc(C(F)(F)F)ccc1C(F)(F)F. The molecule has 0 fully saturated rings. The number of rotatable bonds is 5. The van der Waals surface area contributed by atoms with Crippen molar-refractivity contribution in [1.29, 1.82) is 0 Å². The predicted molar refractivity (Wildman–Crippen MR) is 74.6 cm³/mol. The maximum absolute atomic E-state index is 12.9. The molecule has 0 aliphatic heterocycles. The Balaban J connectivity index is 3.15. The van der Waals surface area contributed by atoms with Gasteiger partial charge in [-0.3, -0.25) is 4.79 Å². The molecule has 1 amide bonds. The van der Waals surface area contributed by atoms with Gasteiger partial charge in [-0.15, -0.1) is 0 Å². The van der Waals surface area contributed by atoms with Crippen LogP contribution in [-0.4, -0.2) is 24.5 Å². The van der Waals surface area contributed by atoms with E-state index < -0.39 is 47.0 Å². The Morgan fingerprint density at radius 3 is 2.20 bits per heavy atom. The molecule has 0 heterocycles. The van der Waals surface area contributed by atoms with E-state index >= 15 is 0 Å². The van der Waals surface area contributed by atoms with Gasteiger partial charge in [0.1, 0.15) is 6.04 Å². The van der Waals surface area contributed by atoms with Crippen LogP contribution in [-0.2, 0) is 21.9 Å². The first-order chi connectivity index (χ1) is 11.4. The van der Waals surface area contributed by atoms with Crippen molar-refractivity contribution in [2.24, 2.45) is 0 Å². The molecule has 10 heteroatoms. The molecule has 0 saturated heterocycles. The van der Waals surface area contributed by atoms with Gasteiger partial charge in [0.05, 0.1) is 23.3 Å². The average molecular weight is 371 g/mol. The number of hydrogen-bond acceptors (Lipinski definition) is 3. The molecule has 4 nitrogen and oxygen atoms in total. The number of carbonyl (C=O) groups excluding carboxylic acids is 2. The molecule has 1 aromatic carbocycles. The third-order valence-corrected chi connectivity index (χ3v) is 3.05. The van der Waals surface area contributed by atoms with Crippen molar-refractivity contribution in [3.05, 3.63) is 34.9 Å². The molecule has 0 saturated carbocycles. The number of halogens is 6. The van der Waals surface area contributed by atoms with E-state index in [9.17, 15) is 35.9 Å². The topological polar surface area (TPSA) is 55.4 Å². The summed E-state index contributed by atoms with van der Waals surface area (Å²) in [6, 6.07) is -0.812. The lowest BCUT2D eigenvalue weighted by Crippen LogP contribution is -2.40. The second-order valence-corrected chi connectivity index (χ2v) is 5.12. The molecule has 0 spiro atoms. The fourth-order valence-electron chi connectivity index (χ4n) is 1.82. The monoisotopic (exact) mass is 371 g/mol. The van der Waals surface area contributed by atoms with Crippen LogP contribution in [0.1, 0.15) is 41.8 Å². The van der Waals surface area contributed by atoms with Gasteiger partial charge in [0.25, 0.3) is 5.91 Å². The summed E-state index contributed by atoms with van der Waals surface area (Å²) in [5.74, 6) is -2.37. The summed E-state index contributed by atoms with van der Waals surface area (Å²) < 4.78 is 81.7. The number of benzene rings is 1. The zero-order valence-electron chi connectivity index (χ0n) is 13.2. The van der Waals surface area contributed by atoms with E-state index in [1.807, 2.05) is 5.32 Å². The van der Waals surface area contributed by atoms with Crippen molar-refractivity contribution in [2.75, 3.05) is 6.61 Å². The minimum absolute atomic E-state index is 0.0381. The Bertz CT molecular complexity index is 639. The van der Waals surface area contributed by atoms with E-state index in [0.29, 0.717) is 6.42 Å². The van der Waals surface area contributed by atoms with E-state index in [2.05, 4.69) is 0 Å². The van der Waals surface area contributed by atoms with Crippen LogP contribution in [0.25, 0.3) is 0 Å². The number of amides is 1. The summed E-state index contributed by atoms with van der Waals surface area (Å²) in [7, 11) is 0. The summed E-state index contributed by atoms with van der Waals surface area (Å²) in [5, 5.41) is 1.92. The maximum Gasteiger partial charge on any atom is 0.417 e. The third-order valence-electron chi connectivity index (χ3n) is 3.05. The fraction of sp³-hybridized carbons (Fsp3) is 0.467. The van der Waals surface area contributed by atoms with Crippen LogP contribution in [0.2, 0.25) is 0 Å². The third kappa shape index (κ3) is 5.64. The minimum atomic E-state index is -5.04. The molecule has 1 aromatic rings. The highest BCUT2D eigenvalue weighted by Gasteiger charge is 2.39. The van der Waals surface area contributed by atoms with E-state index in [4.69, 9.17) is 4.74 Å². The van der Waals surface area contributed by atoms with Gasteiger partial charge in [0.2, 0.25) is 0 Å². The fourth-order valence-corrected chi connectivity index (χ4v) is 1.82. The number of nitrogens with one attached hydrogen (secondary N) is 1. The summed E-state index contributed by atoms with van der Waals surface area (Å²) in [6.45, 7) is 2.89. The van der Waals surface area contributed by atoms with Crippen LogP contribution in [0.15, 0.2) is 18.2 Å².